The first-order valence-electron chi connectivity index (χ1n) is 11.3. The fourth-order valence-corrected chi connectivity index (χ4v) is 6.96. The minimum absolute atomic E-state index is 0.519. The molecular weight excluding hydrogens is 436 g/mol. The highest BCUT2D eigenvalue weighted by Crippen LogP contribution is 2.64. The van der Waals surface area contributed by atoms with Gasteiger partial charge in [-0.3, -0.25) is 9.80 Å². The Morgan fingerprint density at radius 2 is 0.906 bits per heavy atom. The van der Waals surface area contributed by atoms with E-state index in [2.05, 4.69) is 104 Å². The van der Waals surface area contributed by atoms with Crippen molar-refractivity contribution in [3.63, 3.8) is 0 Å². The summed E-state index contributed by atoms with van der Waals surface area (Å²) >= 11 is 12.5. The van der Waals surface area contributed by atoms with Gasteiger partial charge in [-0.1, -0.05) is 74.5 Å². The lowest BCUT2D eigenvalue weighted by molar-refractivity contribution is -0.158. The van der Waals surface area contributed by atoms with Crippen LogP contribution in [0.3, 0.4) is 0 Å². The van der Waals surface area contributed by atoms with Crippen LogP contribution >= 0.6 is 24.4 Å². The van der Waals surface area contributed by atoms with Crippen molar-refractivity contribution in [2.45, 2.75) is 25.2 Å². The molecule has 2 aromatic carbocycles. The molecule has 0 N–H and O–H groups in total. The summed E-state index contributed by atoms with van der Waals surface area (Å²) < 4.78 is 0. The third-order valence-electron chi connectivity index (χ3n) is 7.58. The van der Waals surface area contributed by atoms with Crippen molar-refractivity contribution in [3.8, 4) is 0 Å². The molecule has 8 heteroatoms. The summed E-state index contributed by atoms with van der Waals surface area (Å²) in [5.74, 6) is 0. The van der Waals surface area contributed by atoms with Gasteiger partial charge in [0.25, 0.3) is 0 Å². The maximum atomic E-state index is 6.27. The first-order valence-corrected chi connectivity index (χ1v) is 12.2. The predicted molar refractivity (Wildman–Crippen MR) is 133 cm³/mol. The molecule has 0 aliphatic carbocycles. The predicted octanol–water partition coefficient (Wildman–Crippen LogP) is 3.00. The van der Waals surface area contributed by atoms with E-state index in [1.54, 1.807) is 0 Å². The van der Waals surface area contributed by atoms with Gasteiger partial charge in [0.15, 0.2) is 21.6 Å². The third kappa shape index (κ3) is 2.21. The Morgan fingerprint density at radius 3 is 1.19 bits per heavy atom. The summed E-state index contributed by atoms with van der Waals surface area (Å²) in [5.41, 5.74) is 1.43. The lowest BCUT2D eigenvalue weighted by Crippen LogP contribution is -2.70. The summed E-state index contributed by atoms with van der Waals surface area (Å²) in [4.78, 5) is 14.6. The van der Waals surface area contributed by atoms with Crippen LogP contribution in [0.1, 0.15) is 25.0 Å². The van der Waals surface area contributed by atoms with Gasteiger partial charge in [0, 0.05) is 11.1 Å². The van der Waals surface area contributed by atoms with Crippen molar-refractivity contribution in [1.29, 1.82) is 0 Å². The molecule has 0 spiro atoms. The van der Waals surface area contributed by atoms with Crippen molar-refractivity contribution >= 4 is 34.7 Å². The normalized spacial score (nSPS) is 29.8. The van der Waals surface area contributed by atoms with E-state index in [0.717, 1.165) is 50.0 Å². The second-order valence-corrected chi connectivity index (χ2v) is 9.62. The first kappa shape index (κ1) is 20.4. The summed E-state index contributed by atoms with van der Waals surface area (Å²) in [6.07, 6.45) is 0. The monoisotopic (exact) mass is 464 g/mol. The smallest absolute Gasteiger partial charge is 0.193 e. The Morgan fingerprint density at radius 1 is 0.594 bits per heavy atom. The van der Waals surface area contributed by atoms with E-state index in [1.807, 2.05) is 0 Å². The van der Waals surface area contributed by atoms with Gasteiger partial charge < -0.3 is 19.6 Å². The van der Waals surface area contributed by atoms with E-state index in [-0.39, 0.29) is 0 Å². The van der Waals surface area contributed by atoms with Gasteiger partial charge in [-0.15, -0.1) is 0 Å². The Labute approximate surface area is 200 Å². The number of benzene rings is 2. The Kier molecular flexibility index (Phi) is 4.53. The molecule has 4 heterocycles. The van der Waals surface area contributed by atoms with Gasteiger partial charge >= 0.3 is 0 Å². The maximum absolute atomic E-state index is 6.27. The van der Waals surface area contributed by atoms with Crippen LogP contribution in [0.25, 0.3) is 0 Å². The standard InChI is InChI=1S/C24H28N6S2/c1-3-25-15-27-21(31)29-17-26(4-2)18-30-22(32)28(16-25)23(27,19-11-7-5-8-12-19)24(29,30)20-13-9-6-10-14-20/h5-14H,3-4,15-18H2,1-2H3. The second kappa shape index (κ2) is 7.12. The van der Waals surface area contributed by atoms with Crippen molar-refractivity contribution in [3.05, 3.63) is 71.8 Å². The van der Waals surface area contributed by atoms with Crippen LogP contribution in [0.5, 0.6) is 0 Å². The molecular formula is C24H28N6S2. The van der Waals surface area contributed by atoms with Crippen LogP contribution in [-0.2, 0) is 11.3 Å². The summed E-state index contributed by atoms with van der Waals surface area (Å²) in [5, 5.41) is 1.79. The second-order valence-electron chi connectivity index (χ2n) is 8.89. The Bertz CT molecular complexity index is 943. The molecule has 0 atom stereocenters. The minimum atomic E-state index is -0.519. The Balaban J connectivity index is 1.72. The molecule has 2 aromatic rings. The molecule has 4 aliphatic rings. The van der Waals surface area contributed by atoms with Crippen molar-refractivity contribution in [2.24, 2.45) is 0 Å². The zero-order valence-electron chi connectivity index (χ0n) is 18.5. The number of hydrogen-bond acceptors (Lipinski definition) is 4. The zero-order valence-corrected chi connectivity index (χ0v) is 20.1. The highest BCUT2D eigenvalue weighted by molar-refractivity contribution is 7.80. The van der Waals surface area contributed by atoms with Gasteiger partial charge in [-0.05, 0) is 37.5 Å². The van der Waals surface area contributed by atoms with Crippen LogP contribution < -0.4 is 0 Å². The summed E-state index contributed by atoms with van der Waals surface area (Å²) in [6.45, 7) is 9.45. The highest BCUT2D eigenvalue weighted by Gasteiger charge is 2.79. The summed E-state index contributed by atoms with van der Waals surface area (Å²) in [6, 6.07) is 21.7. The average molecular weight is 465 g/mol. The SMILES string of the molecule is CCN1CN2C(=S)N3CN(CC)CN4C(=S)N(C1)C2(c1ccccc1)C34c1ccccc1. The summed E-state index contributed by atoms with van der Waals surface area (Å²) in [7, 11) is 0. The lowest BCUT2D eigenvalue weighted by atomic mass is 9.79. The highest BCUT2D eigenvalue weighted by atomic mass is 32.1. The molecule has 4 saturated heterocycles. The number of rotatable bonds is 4. The largest absolute Gasteiger partial charge is 0.305 e. The topological polar surface area (TPSA) is 19.4 Å². The molecule has 0 unspecified atom stereocenters. The van der Waals surface area contributed by atoms with Crippen molar-refractivity contribution in [2.75, 3.05) is 39.8 Å². The molecule has 4 fully saturated rings. The third-order valence-corrected chi connectivity index (χ3v) is 8.47. The van der Waals surface area contributed by atoms with Gasteiger partial charge in [-0.2, -0.15) is 0 Å². The van der Waals surface area contributed by atoms with Gasteiger partial charge in [-0.25, -0.2) is 0 Å². The average Bonchev–Trinajstić information content (AvgIpc) is 3.23. The molecule has 0 bridgehead atoms. The number of hydrogen-bond donors (Lipinski definition) is 0. The molecule has 0 saturated carbocycles. The lowest BCUT2D eigenvalue weighted by Gasteiger charge is -2.56. The Hall–Kier alpha value is -2.26. The van der Waals surface area contributed by atoms with E-state index in [1.165, 1.54) is 11.1 Å². The zero-order chi connectivity index (χ0) is 22.1. The van der Waals surface area contributed by atoms with Crippen LogP contribution in [0.15, 0.2) is 60.7 Å². The van der Waals surface area contributed by atoms with Gasteiger partial charge in [0.2, 0.25) is 0 Å². The van der Waals surface area contributed by atoms with E-state index >= 15 is 0 Å². The van der Waals surface area contributed by atoms with Crippen molar-refractivity contribution < 1.29 is 0 Å². The van der Waals surface area contributed by atoms with E-state index < -0.39 is 11.3 Å². The molecule has 6 rings (SSSR count). The van der Waals surface area contributed by atoms with E-state index in [0.29, 0.717) is 0 Å². The van der Waals surface area contributed by atoms with E-state index in [9.17, 15) is 0 Å². The molecule has 0 radical (unpaired) electrons. The quantitative estimate of drug-likeness (QED) is 0.635. The van der Waals surface area contributed by atoms with Gasteiger partial charge in [0.05, 0.1) is 26.7 Å². The molecule has 0 aromatic heterocycles. The molecule has 4 aliphatic heterocycles. The molecule has 166 valence electrons. The first-order chi connectivity index (χ1) is 15.6. The van der Waals surface area contributed by atoms with E-state index in [4.69, 9.17) is 24.4 Å². The van der Waals surface area contributed by atoms with Crippen LogP contribution in [0.2, 0.25) is 0 Å². The van der Waals surface area contributed by atoms with Crippen LogP contribution in [0, 0.1) is 0 Å². The van der Waals surface area contributed by atoms with Gasteiger partial charge in [0.1, 0.15) is 0 Å². The molecule has 32 heavy (non-hydrogen) atoms. The molecule has 6 nitrogen and oxygen atoms in total. The fraction of sp³-hybridized carbons (Fsp3) is 0.417. The fourth-order valence-electron chi connectivity index (χ4n) is 6.20. The number of nitrogens with zero attached hydrogens (tertiary/aromatic N) is 6. The number of thiocarbonyl (C=S) groups is 2. The van der Waals surface area contributed by atoms with Crippen LogP contribution in [0.4, 0.5) is 0 Å². The van der Waals surface area contributed by atoms with Crippen molar-refractivity contribution in [1.82, 2.24) is 29.4 Å². The maximum Gasteiger partial charge on any atom is 0.193 e. The van der Waals surface area contributed by atoms with Crippen LogP contribution in [-0.4, -0.2) is 79.4 Å². The molecule has 0 amide bonds. The minimum Gasteiger partial charge on any atom is -0.305 e.